The molecule has 0 aliphatic heterocycles. The predicted molar refractivity (Wildman–Crippen MR) is 122 cm³/mol. The molecule has 4 rings (SSSR count). The minimum absolute atomic E-state index is 0.268. The van der Waals surface area contributed by atoms with Crippen LogP contribution in [-0.2, 0) is 0 Å². The van der Waals surface area contributed by atoms with Crippen LogP contribution in [-0.4, -0.2) is 16.8 Å². The van der Waals surface area contributed by atoms with Gasteiger partial charge in [-0.25, -0.2) is 9.37 Å². The fraction of sp³-hybridized carbons (Fsp3) is 0.0417. The molecule has 0 saturated carbocycles. The van der Waals surface area contributed by atoms with E-state index in [1.54, 1.807) is 48.5 Å². The molecule has 4 aromatic rings. The zero-order valence-electron chi connectivity index (χ0n) is 17.0. The van der Waals surface area contributed by atoms with Gasteiger partial charge in [0.1, 0.15) is 11.6 Å². The third-order valence-electron chi connectivity index (χ3n) is 4.58. The number of carbonyl (C=O) groups excluding carboxylic acids is 2. The lowest BCUT2D eigenvalue weighted by atomic mass is 10.1. The first-order chi connectivity index (χ1) is 15.4. The Kier molecular flexibility index (Phi) is 5.96. The third-order valence-corrected chi connectivity index (χ3v) is 5.87. The molecule has 0 fully saturated rings. The highest BCUT2D eigenvalue weighted by molar-refractivity contribution is 7.17. The van der Waals surface area contributed by atoms with Crippen LogP contribution in [0.1, 0.15) is 25.6 Å². The molecule has 0 atom stereocenters. The molecule has 0 bridgehead atoms. The molecular weight excluding hydrogens is 429 g/mol. The van der Waals surface area contributed by atoms with Crippen molar-refractivity contribution >= 4 is 28.8 Å². The summed E-state index contributed by atoms with van der Waals surface area (Å²) in [7, 11) is 0. The summed E-state index contributed by atoms with van der Waals surface area (Å²) in [4.78, 5) is 29.6. The molecule has 8 heteroatoms. The summed E-state index contributed by atoms with van der Waals surface area (Å²) in [5, 5.41) is 2.81. The Morgan fingerprint density at radius 1 is 1.06 bits per heavy atom. The van der Waals surface area contributed by atoms with E-state index >= 15 is 0 Å². The molecule has 2 amide bonds. The van der Waals surface area contributed by atoms with Gasteiger partial charge in [-0.2, -0.15) is 0 Å². The van der Waals surface area contributed by atoms with Crippen LogP contribution in [0.4, 0.5) is 10.1 Å². The van der Waals surface area contributed by atoms with Gasteiger partial charge in [-0.3, -0.25) is 9.59 Å². The number of nitrogens with zero attached hydrogens (tertiary/aromatic N) is 1. The first kappa shape index (κ1) is 21.2. The van der Waals surface area contributed by atoms with Gasteiger partial charge in [0.2, 0.25) is 11.8 Å². The Labute approximate surface area is 187 Å². The predicted octanol–water partition coefficient (Wildman–Crippen LogP) is 5.40. The molecule has 3 N–H and O–H groups in total. The van der Waals surface area contributed by atoms with Crippen LogP contribution in [0.2, 0.25) is 0 Å². The number of rotatable bonds is 6. The average molecular weight is 447 g/mol. The lowest BCUT2D eigenvalue weighted by Crippen LogP contribution is -2.10. The summed E-state index contributed by atoms with van der Waals surface area (Å²) in [5.41, 5.74) is 7.90. The number of thiophene rings is 1. The number of halogens is 1. The molecule has 2 aromatic carbocycles. The van der Waals surface area contributed by atoms with E-state index in [1.807, 2.05) is 6.92 Å². The second-order valence-electron chi connectivity index (χ2n) is 6.96. The van der Waals surface area contributed by atoms with Gasteiger partial charge in [0.15, 0.2) is 0 Å². The van der Waals surface area contributed by atoms with Crippen molar-refractivity contribution in [2.24, 2.45) is 5.73 Å². The van der Waals surface area contributed by atoms with Gasteiger partial charge in [0.25, 0.3) is 5.91 Å². The van der Waals surface area contributed by atoms with E-state index in [4.69, 9.17) is 10.5 Å². The molecule has 32 heavy (non-hydrogen) atoms. The third kappa shape index (κ3) is 4.81. The second-order valence-corrected chi connectivity index (χ2v) is 8.02. The highest BCUT2D eigenvalue weighted by Gasteiger charge is 2.14. The number of nitrogens with one attached hydrogen (secondary N) is 1. The smallest absolute Gasteiger partial charge is 0.265 e. The van der Waals surface area contributed by atoms with Crippen LogP contribution in [0.15, 0.2) is 72.9 Å². The van der Waals surface area contributed by atoms with Gasteiger partial charge < -0.3 is 15.8 Å². The SMILES string of the molecule is Cc1cc(C(=O)Nc2ccc(Oc3cccc(C(N)=O)c3)nc2)sc1-c1ccc(F)cc1. The molecule has 0 aliphatic carbocycles. The number of nitrogens with two attached hydrogens (primary N) is 1. The number of hydrogen-bond donors (Lipinski definition) is 2. The van der Waals surface area contributed by atoms with Crippen molar-refractivity contribution in [3.05, 3.63) is 94.7 Å². The summed E-state index contributed by atoms with van der Waals surface area (Å²) in [6, 6.07) is 17.7. The quantitative estimate of drug-likeness (QED) is 0.414. The maximum atomic E-state index is 13.2. The first-order valence-corrected chi connectivity index (χ1v) is 10.4. The van der Waals surface area contributed by atoms with Crippen LogP contribution in [0, 0.1) is 12.7 Å². The van der Waals surface area contributed by atoms with Crippen LogP contribution in [0.5, 0.6) is 11.6 Å². The molecule has 0 spiro atoms. The number of carbonyl (C=O) groups is 2. The standard InChI is InChI=1S/C24H18FN3O3S/c1-14-11-20(32-22(14)15-5-7-17(25)8-6-15)24(30)28-18-9-10-21(27-13-18)31-19-4-2-3-16(12-19)23(26)29/h2-13H,1H3,(H2,26,29)(H,28,30). The van der Waals surface area contributed by atoms with Crippen LogP contribution in [0.25, 0.3) is 10.4 Å². The Hall–Kier alpha value is -4.04. The second kappa shape index (κ2) is 8.99. The minimum Gasteiger partial charge on any atom is -0.439 e. The van der Waals surface area contributed by atoms with Gasteiger partial charge in [-0.05, 0) is 60.5 Å². The number of aryl methyl sites for hydroxylation is 1. The summed E-state index contributed by atoms with van der Waals surface area (Å²) >= 11 is 1.34. The van der Waals surface area contributed by atoms with Crippen molar-refractivity contribution in [3.63, 3.8) is 0 Å². The van der Waals surface area contributed by atoms with Gasteiger partial charge in [-0.15, -0.1) is 11.3 Å². The molecule has 0 aliphatic rings. The molecule has 160 valence electrons. The fourth-order valence-corrected chi connectivity index (χ4v) is 4.10. The summed E-state index contributed by atoms with van der Waals surface area (Å²) in [5.74, 6) is -0.395. The molecule has 0 radical (unpaired) electrons. The number of anilines is 1. The van der Waals surface area contributed by atoms with Crippen molar-refractivity contribution in [2.45, 2.75) is 6.92 Å². The number of primary amides is 1. The monoisotopic (exact) mass is 447 g/mol. The lowest BCUT2D eigenvalue weighted by molar-refractivity contribution is 0.0997. The number of pyridine rings is 1. The lowest BCUT2D eigenvalue weighted by Gasteiger charge is -2.07. The van der Waals surface area contributed by atoms with Crippen LogP contribution < -0.4 is 15.8 Å². The van der Waals surface area contributed by atoms with Gasteiger partial charge in [-0.1, -0.05) is 18.2 Å². The van der Waals surface area contributed by atoms with Crippen molar-refractivity contribution in [1.29, 1.82) is 0 Å². The number of benzene rings is 2. The summed E-state index contributed by atoms with van der Waals surface area (Å²) < 4.78 is 18.8. The molecule has 2 aromatic heterocycles. The van der Waals surface area contributed by atoms with Crippen LogP contribution in [0.3, 0.4) is 0 Å². The van der Waals surface area contributed by atoms with E-state index in [0.29, 0.717) is 27.8 Å². The van der Waals surface area contributed by atoms with E-state index in [9.17, 15) is 14.0 Å². The van der Waals surface area contributed by atoms with Gasteiger partial charge in [0.05, 0.1) is 16.8 Å². The van der Waals surface area contributed by atoms with Crippen LogP contribution >= 0.6 is 11.3 Å². The summed E-state index contributed by atoms with van der Waals surface area (Å²) in [6.45, 7) is 1.91. The maximum absolute atomic E-state index is 13.2. The highest BCUT2D eigenvalue weighted by atomic mass is 32.1. The van der Waals surface area contributed by atoms with Crippen molar-refractivity contribution in [3.8, 4) is 22.1 Å². The Morgan fingerprint density at radius 2 is 1.84 bits per heavy atom. The topological polar surface area (TPSA) is 94.3 Å². The minimum atomic E-state index is -0.548. The zero-order chi connectivity index (χ0) is 22.7. The van der Waals surface area contributed by atoms with Gasteiger partial charge in [0, 0.05) is 16.5 Å². The van der Waals surface area contributed by atoms with Crippen molar-refractivity contribution in [2.75, 3.05) is 5.32 Å². The van der Waals surface area contributed by atoms with E-state index in [2.05, 4.69) is 10.3 Å². The molecule has 0 saturated heterocycles. The Bertz CT molecular complexity index is 1280. The van der Waals surface area contributed by atoms with E-state index in [-0.39, 0.29) is 11.7 Å². The van der Waals surface area contributed by atoms with E-state index in [0.717, 1.165) is 16.0 Å². The number of hydrogen-bond acceptors (Lipinski definition) is 5. The number of amides is 2. The molecule has 2 heterocycles. The Morgan fingerprint density at radius 3 is 2.53 bits per heavy atom. The van der Waals surface area contributed by atoms with E-state index in [1.165, 1.54) is 35.7 Å². The summed E-state index contributed by atoms with van der Waals surface area (Å²) in [6.07, 6.45) is 1.48. The van der Waals surface area contributed by atoms with Gasteiger partial charge >= 0.3 is 0 Å². The Balaban J connectivity index is 1.44. The van der Waals surface area contributed by atoms with E-state index < -0.39 is 5.91 Å². The highest BCUT2D eigenvalue weighted by Crippen LogP contribution is 2.33. The zero-order valence-corrected chi connectivity index (χ0v) is 17.8. The largest absolute Gasteiger partial charge is 0.439 e. The molecule has 6 nitrogen and oxygen atoms in total. The number of aromatic nitrogens is 1. The molecular formula is C24H18FN3O3S. The van der Waals surface area contributed by atoms with Crippen molar-refractivity contribution < 1.29 is 18.7 Å². The normalized spacial score (nSPS) is 10.6. The molecule has 0 unspecified atom stereocenters. The first-order valence-electron chi connectivity index (χ1n) is 9.60. The fourth-order valence-electron chi connectivity index (χ4n) is 3.02. The number of ether oxygens (including phenoxy) is 1. The maximum Gasteiger partial charge on any atom is 0.265 e. The average Bonchev–Trinajstić information content (AvgIpc) is 3.17. The van der Waals surface area contributed by atoms with Crippen molar-refractivity contribution in [1.82, 2.24) is 4.98 Å².